The summed E-state index contributed by atoms with van der Waals surface area (Å²) in [5.74, 6) is 0.772. The highest BCUT2D eigenvalue weighted by molar-refractivity contribution is 6.30. The van der Waals surface area contributed by atoms with Crippen LogP contribution in [-0.2, 0) is 0 Å². The van der Waals surface area contributed by atoms with Gasteiger partial charge in [-0.3, -0.25) is 0 Å². The molecule has 0 saturated heterocycles. The number of hydrogen-bond acceptors (Lipinski definition) is 3. The molecule has 3 heterocycles. The Morgan fingerprint density at radius 1 is 1.18 bits per heavy atom. The maximum atomic E-state index is 5.89. The molecule has 6 heteroatoms. The SMILES string of the molecule is Clc1cc[n+](Nc2cccc(-c3cncn3C3CC3)n2)cc1. The van der Waals surface area contributed by atoms with Crippen molar-refractivity contribution in [3.05, 3.63) is 60.3 Å². The van der Waals surface area contributed by atoms with Crippen molar-refractivity contribution in [3.8, 4) is 11.4 Å². The van der Waals surface area contributed by atoms with Gasteiger partial charge in [-0.25, -0.2) is 9.97 Å². The molecule has 1 saturated carbocycles. The normalized spacial score (nSPS) is 14.0. The molecule has 3 aromatic rings. The van der Waals surface area contributed by atoms with Gasteiger partial charge in [0.25, 0.3) is 0 Å². The Morgan fingerprint density at radius 2 is 2.00 bits per heavy atom. The number of aromatic nitrogens is 4. The highest BCUT2D eigenvalue weighted by Gasteiger charge is 2.26. The van der Waals surface area contributed by atoms with Crippen molar-refractivity contribution < 1.29 is 4.68 Å². The van der Waals surface area contributed by atoms with E-state index >= 15 is 0 Å². The third kappa shape index (κ3) is 2.67. The fourth-order valence-electron chi connectivity index (χ4n) is 2.40. The molecule has 22 heavy (non-hydrogen) atoms. The van der Waals surface area contributed by atoms with Gasteiger partial charge in [0.2, 0.25) is 12.4 Å². The van der Waals surface area contributed by atoms with Crippen molar-refractivity contribution in [2.24, 2.45) is 0 Å². The van der Waals surface area contributed by atoms with Crippen LogP contribution in [0.25, 0.3) is 11.4 Å². The first kappa shape index (κ1) is 13.3. The van der Waals surface area contributed by atoms with Gasteiger partial charge in [-0.05, 0) is 25.0 Å². The van der Waals surface area contributed by atoms with Crippen LogP contribution in [0.5, 0.6) is 0 Å². The molecule has 1 N–H and O–H groups in total. The number of halogens is 1. The largest absolute Gasteiger partial charge is 0.326 e. The second-order valence-corrected chi connectivity index (χ2v) is 5.80. The lowest BCUT2D eigenvalue weighted by Gasteiger charge is -2.07. The Labute approximate surface area is 133 Å². The summed E-state index contributed by atoms with van der Waals surface area (Å²) in [5, 5.41) is 0.702. The van der Waals surface area contributed by atoms with Crippen LogP contribution in [0.2, 0.25) is 5.02 Å². The molecule has 0 unspecified atom stereocenters. The number of imidazole rings is 1. The van der Waals surface area contributed by atoms with Crippen molar-refractivity contribution >= 4 is 17.4 Å². The summed E-state index contributed by atoms with van der Waals surface area (Å²) in [7, 11) is 0. The highest BCUT2D eigenvalue weighted by Crippen LogP contribution is 2.37. The Morgan fingerprint density at radius 3 is 2.77 bits per heavy atom. The summed E-state index contributed by atoms with van der Waals surface area (Å²) in [6.45, 7) is 0. The molecule has 0 aromatic carbocycles. The van der Waals surface area contributed by atoms with Crippen LogP contribution in [0, 0.1) is 0 Å². The first-order valence-corrected chi connectivity index (χ1v) is 7.60. The molecule has 3 aromatic heterocycles. The minimum atomic E-state index is 0.585. The third-order valence-electron chi connectivity index (χ3n) is 3.65. The molecule has 5 nitrogen and oxygen atoms in total. The maximum absolute atomic E-state index is 5.89. The highest BCUT2D eigenvalue weighted by atomic mass is 35.5. The van der Waals surface area contributed by atoms with Gasteiger partial charge in [-0.1, -0.05) is 22.3 Å². The fourth-order valence-corrected chi connectivity index (χ4v) is 2.51. The molecule has 1 aliphatic rings. The zero-order valence-corrected chi connectivity index (χ0v) is 12.6. The first-order valence-electron chi connectivity index (χ1n) is 7.23. The number of rotatable bonds is 4. The van der Waals surface area contributed by atoms with Gasteiger partial charge in [0.05, 0.1) is 28.9 Å². The zero-order valence-electron chi connectivity index (χ0n) is 11.9. The van der Waals surface area contributed by atoms with Crippen molar-refractivity contribution in [2.75, 3.05) is 5.43 Å². The monoisotopic (exact) mass is 312 g/mol. The molecule has 0 aliphatic heterocycles. The molecule has 1 fully saturated rings. The Kier molecular flexibility index (Phi) is 3.27. The summed E-state index contributed by atoms with van der Waals surface area (Å²) in [6, 6.07) is 10.2. The first-order chi connectivity index (χ1) is 10.8. The molecular formula is C16H15ClN5+. The molecule has 4 rings (SSSR count). The van der Waals surface area contributed by atoms with Crippen LogP contribution in [-0.4, -0.2) is 14.5 Å². The number of nitrogens with zero attached hydrogens (tertiary/aromatic N) is 4. The summed E-state index contributed by atoms with van der Waals surface area (Å²) in [5.41, 5.74) is 5.20. The van der Waals surface area contributed by atoms with Crippen LogP contribution in [0.15, 0.2) is 55.2 Å². The molecular weight excluding hydrogens is 298 g/mol. The van der Waals surface area contributed by atoms with Gasteiger partial charge >= 0.3 is 0 Å². The Balaban J connectivity index is 1.62. The Hall–Kier alpha value is -2.40. The average molecular weight is 313 g/mol. The second kappa shape index (κ2) is 5.42. The predicted octanol–water partition coefficient (Wildman–Crippen LogP) is 3.10. The van der Waals surface area contributed by atoms with Crippen molar-refractivity contribution in [1.29, 1.82) is 0 Å². The number of pyridine rings is 2. The number of hydrogen-bond donors (Lipinski definition) is 1. The summed E-state index contributed by atoms with van der Waals surface area (Å²) >= 11 is 5.89. The number of nitrogens with one attached hydrogen (secondary N) is 1. The van der Waals surface area contributed by atoms with Gasteiger partial charge < -0.3 is 4.57 Å². The standard InChI is InChI=1S/C16H15ClN5/c17-12-6-8-21(9-7-12)20-16-3-1-2-14(19-16)15-10-18-11-22(15)13-4-5-13/h1-3,6-11,13H,4-5H2,(H,19,20)/q+1. The van der Waals surface area contributed by atoms with Crippen LogP contribution in [0.4, 0.5) is 5.82 Å². The van der Waals surface area contributed by atoms with E-state index in [2.05, 4.69) is 20.0 Å². The van der Waals surface area contributed by atoms with Gasteiger partial charge in [0.1, 0.15) is 0 Å². The van der Waals surface area contributed by atoms with E-state index in [0.717, 1.165) is 17.2 Å². The lowest BCUT2D eigenvalue weighted by Crippen LogP contribution is -2.41. The van der Waals surface area contributed by atoms with Crippen molar-refractivity contribution in [1.82, 2.24) is 14.5 Å². The summed E-state index contributed by atoms with van der Waals surface area (Å²) < 4.78 is 4.03. The van der Waals surface area contributed by atoms with E-state index in [0.29, 0.717) is 11.1 Å². The van der Waals surface area contributed by atoms with Crippen molar-refractivity contribution in [3.63, 3.8) is 0 Å². The van der Waals surface area contributed by atoms with Crippen LogP contribution < -0.4 is 10.1 Å². The lowest BCUT2D eigenvalue weighted by atomic mass is 10.3. The quantitative estimate of drug-likeness (QED) is 0.753. The Bertz CT molecular complexity index is 792. The molecule has 0 atom stereocenters. The zero-order chi connectivity index (χ0) is 14.9. The van der Waals surface area contributed by atoms with Crippen LogP contribution in [0.3, 0.4) is 0 Å². The average Bonchev–Trinajstić information content (AvgIpc) is 3.27. The van der Waals surface area contributed by atoms with E-state index in [1.165, 1.54) is 12.8 Å². The molecule has 0 amide bonds. The summed E-state index contributed by atoms with van der Waals surface area (Å²) in [6.07, 6.45) is 9.92. The lowest BCUT2D eigenvalue weighted by molar-refractivity contribution is -0.643. The third-order valence-corrected chi connectivity index (χ3v) is 3.90. The minimum absolute atomic E-state index is 0.585. The van der Waals surface area contributed by atoms with E-state index in [4.69, 9.17) is 11.6 Å². The van der Waals surface area contributed by atoms with Gasteiger partial charge in [-0.15, -0.1) is 5.43 Å². The minimum Gasteiger partial charge on any atom is -0.326 e. The smallest absolute Gasteiger partial charge is 0.201 e. The van der Waals surface area contributed by atoms with E-state index in [9.17, 15) is 0 Å². The molecule has 110 valence electrons. The van der Waals surface area contributed by atoms with E-state index in [1.54, 1.807) is 0 Å². The van der Waals surface area contributed by atoms with E-state index in [-0.39, 0.29) is 0 Å². The van der Waals surface area contributed by atoms with Gasteiger partial charge in [0.15, 0.2) is 5.82 Å². The van der Waals surface area contributed by atoms with Crippen molar-refractivity contribution in [2.45, 2.75) is 18.9 Å². The van der Waals surface area contributed by atoms with Gasteiger partial charge in [-0.2, -0.15) is 0 Å². The fraction of sp³-hybridized carbons (Fsp3) is 0.188. The van der Waals surface area contributed by atoms with Crippen LogP contribution in [0.1, 0.15) is 18.9 Å². The molecule has 0 bridgehead atoms. The predicted molar refractivity (Wildman–Crippen MR) is 84.4 cm³/mol. The second-order valence-electron chi connectivity index (χ2n) is 5.36. The van der Waals surface area contributed by atoms with Crippen LogP contribution >= 0.6 is 11.6 Å². The van der Waals surface area contributed by atoms with E-state index < -0.39 is 0 Å². The molecule has 0 spiro atoms. The maximum Gasteiger partial charge on any atom is 0.201 e. The molecule has 0 radical (unpaired) electrons. The topological polar surface area (TPSA) is 46.6 Å². The molecule has 1 aliphatic carbocycles. The van der Waals surface area contributed by atoms with Gasteiger partial charge in [0, 0.05) is 18.2 Å². The summed E-state index contributed by atoms with van der Waals surface area (Å²) in [4.78, 5) is 8.94. The number of anilines is 1. The van der Waals surface area contributed by atoms with E-state index in [1.807, 2.05) is 59.9 Å².